The number of ether oxygens (including phenoxy) is 2. The Morgan fingerprint density at radius 1 is 0.810 bits per heavy atom. The predicted octanol–water partition coefficient (Wildman–Crippen LogP) is 8.27. The highest BCUT2D eigenvalue weighted by atomic mass is 79.9. The Balaban J connectivity index is 1.43. The lowest BCUT2D eigenvalue weighted by atomic mass is 9.71. The third-order valence-electron chi connectivity index (χ3n) is 8.81. The molecule has 42 heavy (non-hydrogen) atoms. The standard InChI is InChI=1S/C36H36BrNO4/c1-22-15-16-25(17-23(22)2)21-42-36-27(37)18-26(19-32(36)41-3)33-34-28(11-7-13-30(34)39)38(20-24-9-5-4-6-10-24)29-12-8-14-31(40)35(29)33/h4-6,9-10,15-19,33H,7-8,11-14,20-21H2,1-3H3. The predicted molar refractivity (Wildman–Crippen MR) is 167 cm³/mol. The van der Waals surface area contributed by atoms with Crippen LogP contribution in [0, 0.1) is 13.8 Å². The molecule has 0 unspecified atom stereocenters. The zero-order chi connectivity index (χ0) is 29.4. The molecular formula is C36H36BrNO4. The number of methoxy groups -OCH3 is 1. The number of carbonyl (C=O) groups is 2. The molecule has 6 heteroatoms. The van der Waals surface area contributed by atoms with E-state index in [0.717, 1.165) is 63.8 Å². The fraction of sp³-hybridized carbons (Fsp3) is 0.333. The molecule has 0 atom stereocenters. The molecule has 3 aromatic rings. The van der Waals surface area contributed by atoms with E-state index in [9.17, 15) is 9.59 Å². The van der Waals surface area contributed by atoms with Crippen LogP contribution in [0.2, 0.25) is 0 Å². The fourth-order valence-electron chi connectivity index (χ4n) is 6.60. The van der Waals surface area contributed by atoms with Crippen molar-refractivity contribution in [3.8, 4) is 11.5 Å². The van der Waals surface area contributed by atoms with Gasteiger partial charge in [-0.15, -0.1) is 0 Å². The average Bonchev–Trinajstić information content (AvgIpc) is 2.99. The number of aryl methyl sites for hydroxylation is 2. The summed E-state index contributed by atoms with van der Waals surface area (Å²) >= 11 is 3.75. The van der Waals surface area contributed by atoms with Crippen molar-refractivity contribution in [1.82, 2.24) is 4.90 Å². The molecule has 0 spiro atoms. The van der Waals surface area contributed by atoms with E-state index in [2.05, 4.69) is 65.0 Å². The van der Waals surface area contributed by atoms with Gasteiger partial charge >= 0.3 is 0 Å². The van der Waals surface area contributed by atoms with Gasteiger partial charge in [0, 0.05) is 47.8 Å². The Bertz CT molecular complexity index is 1580. The SMILES string of the molecule is COc1cc(C2C3=C(CCCC3=O)N(Cc3ccccc3)C3=C2C(=O)CCC3)cc(Br)c1OCc1ccc(C)c(C)c1. The summed E-state index contributed by atoms with van der Waals surface area (Å²) < 4.78 is 12.9. The van der Waals surface area contributed by atoms with E-state index in [0.29, 0.717) is 37.5 Å². The highest BCUT2D eigenvalue weighted by Gasteiger charge is 2.43. The van der Waals surface area contributed by atoms with Gasteiger partial charge in [-0.25, -0.2) is 0 Å². The van der Waals surface area contributed by atoms with Gasteiger partial charge < -0.3 is 14.4 Å². The highest BCUT2D eigenvalue weighted by molar-refractivity contribution is 9.10. The molecule has 1 aliphatic heterocycles. The molecule has 3 aliphatic rings. The van der Waals surface area contributed by atoms with Crippen molar-refractivity contribution < 1.29 is 19.1 Å². The normalized spacial score (nSPS) is 17.4. The average molecular weight is 627 g/mol. The van der Waals surface area contributed by atoms with Crippen LogP contribution in [0.5, 0.6) is 11.5 Å². The molecule has 2 aliphatic carbocycles. The molecule has 5 nitrogen and oxygen atoms in total. The van der Waals surface area contributed by atoms with E-state index in [1.807, 2.05) is 30.3 Å². The Kier molecular flexibility index (Phi) is 8.09. The minimum Gasteiger partial charge on any atom is -0.493 e. The second-order valence-corrected chi connectivity index (χ2v) is 12.4. The molecule has 0 N–H and O–H groups in total. The lowest BCUT2D eigenvalue weighted by Gasteiger charge is -2.44. The van der Waals surface area contributed by atoms with Crippen LogP contribution in [0.25, 0.3) is 0 Å². The van der Waals surface area contributed by atoms with E-state index < -0.39 is 5.92 Å². The smallest absolute Gasteiger partial charge is 0.175 e. The summed E-state index contributed by atoms with van der Waals surface area (Å²) in [5, 5.41) is 0. The van der Waals surface area contributed by atoms with Gasteiger partial charge in [0.1, 0.15) is 6.61 Å². The zero-order valence-electron chi connectivity index (χ0n) is 24.5. The number of rotatable bonds is 7. The molecule has 3 aromatic carbocycles. The molecule has 6 rings (SSSR count). The maximum atomic E-state index is 13.7. The van der Waals surface area contributed by atoms with Gasteiger partial charge in [0.15, 0.2) is 23.1 Å². The summed E-state index contributed by atoms with van der Waals surface area (Å²) in [6.07, 6.45) is 4.30. The first-order chi connectivity index (χ1) is 20.4. The van der Waals surface area contributed by atoms with E-state index in [1.54, 1.807) is 7.11 Å². The lowest BCUT2D eigenvalue weighted by molar-refractivity contribution is -0.117. The molecule has 0 saturated heterocycles. The lowest BCUT2D eigenvalue weighted by Crippen LogP contribution is -2.38. The summed E-state index contributed by atoms with van der Waals surface area (Å²) in [4.78, 5) is 29.7. The third kappa shape index (κ3) is 5.33. The van der Waals surface area contributed by atoms with Crippen molar-refractivity contribution >= 4 is 27.5 Å². The van der Waals surface area contributed by atoms with Gasteiger partial charge in [-0.05, 0) is 95.4 Å². The van der Waals surface area contributed by atoms with Crippen molar-refractivity contribution in [3.63, 3.8) is 0 Å². The van der Waals surface area contributed by atoms with Crippen LogP contribution in [0.1, 0.15) is 72.3 Å². The van der Waals surface area contributed by atoms with Gasteiger partial charge in [-0.1, -0.05) is 48.5 Å². The molecule has 0 radical (unpaired) electrons. The van der Waals surface area contributed by atoms with E-state index in [-0.39, 0.29) is 11.6 Å². The Hall–Kier alpha value is -3.64. The summed E-state index contributed by atoms with van der Waals surface area (Å²) in [6, 6.07) is 20.6. The first kappa shape index (κ1) is 28.5. The number of nitrogens with zero attached hydrogens (tertiary/aromatic N) is 1. The number of carbonyl (C=O) groups excluding carboxylic acids is 2. The van der Waals surface area contributed by atoms with Crippen LogP contribution in [-0.2, 0) is 22.7 Å². The Labute approximate surface area is 256 Å². The largest absolute Gasteiger partial charge is 0.493 e. The summed E-state index contributed by atoms with van der Waals surface area (Å²) in [5.74, 6) is 1.03. The first-order valence-electron chi connectivity index (χ1n) is 14.8. The summed E-state index contributed by atoms with van der Waals surface area (Å²) in [7, 11) is 1.63. The van der Waals surface area contributed by atoms with Gasteiger partial charge in [0.25, 0.3) is 0 Å². The quantitative estimate of drug-likeness (QED) is 0.264. The van der Waals surface area contributed by atoms with Gasteiger partial charge in [0.2, 0.25) is 0 Å². The topological polar surface area (TPSA) is 55.8 Å². The molecular weight excluding hydrogens is 590 g/mol. The van der Waals surface area contributed by atoms with Crippen molar-refractivity contribution in [3.05, 3.63) is 115 Å². The molecule has 0 bridgehead atoms. The van der Waals surface area contributed by atoms with E-state index in [4.69, 9.17) is 9.47 Å². The number of benzene rings is 3. The molecule has 0 saturated carbocycles. The number of hydrogen-bond donors (Lipinski definition) is 0. The van der Waals surface area contributed by atoms with Gasteiger partial charge in [-0.3, -0.25) is 9.59 Å². The Morgan fingerprint density at radius 3 is 2.10 bits per heavy atom. The highest BCUT2D eigenvalue weighted by Crippen LogP contribution is 2.51. The van der Waals surface area contributed by atoms with Crippen LogP contribution in [-0.4, -0.2) is 23.6 Å². The Morgan fingerprint density at radius 2 is 1.48 bits per heavy atom. The molecule has 0 fully saturated rings. The number of allylic oxidation sites excluding steroid dienone is 4. The van der Waals surface area contributed by atoms with E-state index >= 15 is 0 Å². The van der Waals surface area contributed by atoms with Crippen LogP contribution in [0.4, 0.5) is 0 Å². The molecule has 216 valence electrons. The minimum absolute atomic E-state index is 0.134. The van der Waals surface area contributed by atoms with Gasteiger partial charge in [-0.2, -0.15) is 0 Å². The second kappa shape index (κ2) is 11.9. The van der Waals surface area contributed by atoms with Crippen LogP contribution in [0.15, 0.2) is 87.7 Å². The monoisotopic (exact) mass is 625 g/mol. The summed E-state index contributed by atoms with van der Waals surface area (Å²) in [5.41, 5.74) is 9.26. The number of Topliss-reactive ketones (excluding diaryl/α,β-unsaturated/α-hetero) is 2. The van der Waals surface area contributed by atoms with Crippen molar-refractivity contribution in [2.75, 3.05) is 7.11 Å². The second-order valence-electron chi connectivity index (χ2n) is 11.5. The first-order valence-corrected chi connectivity index (χ1v) is 15.5. The molecule has 1 heterocycles. The minimum atomic E-state index is -0.415. The maximum absolute atomic E-state index is 13.7. The number of hydrogen-bond acceptors (Lipinski definition) is 5. The van der Waals surface area contributed by atoms with Crippen molar-refractivity contribution in [2.45, 2.75) is 71.4 Å². The van der Waals surface area contributed by atoms with Crippen molar-refractivity contribution in [2.24, 2.45) is 0 Å². The van der Waals surface area contributed by atoms with E-state index in [1.165, 1.54) is 16.7 Å². The van der Waals surface area contributed by atoms with Gasteiger partial charge in [0.05, 0.1) is 11.6 Å². The summed E-state index contributed by atoms with van der Waals surface area (Å²) in [6.45, 7) is 5.25. The number of ketones is 2. The van der Waals surface area contributed by atoms with Crippen molar-refractivity contribution in [1.29, 1.82) is 0 Å². The van der Waals surface area contributed by atoms with Crippen LogP contribution < -0.4 is 9.47 Å². The molecule has 0 aromatic heterocycles. The fourth-order valence-corrected chi connectivity index (χ4v) is 7.18. The number of halogens is 1. The third-order valence-corrected chi connectivity index (χ3v) is 9.40. The van der Waals surface area contributed by atoms with Crippen LogP contribution in [0.3, 0.4) is 0 Å². The maximum Gasteiger partial charge on any atom is 0.175 e. The molecule has 0 amide bonds. The van der Waals surface area contributed by atoms with Crippen LogP contribution >= 0.6 is 15.9 Å². The zero-order valence-corrected chi connectivity index (χ0v) is 26.1.